The molecule has 4 heteroatoms. The van der Waals surface area contributed by atoms with Crippen LogP contribution in [0.25, 0.3) is 10.8 Å². The zero-order chi connectivity index (χ0) is 15.5. The normalized spacial score (nSPS) is 19.9. The average molecular weight is 311 g/mol. The number of hydrogen-bond donors (Lipinski definition) is 1. The molecule has 1 N–H and O–H groups in total. The first-order chi connectivity index (χ1) is 11.4. The van der Waals surface area contributed by atoms with E-state index in [0.717, 1.165) is 50.2 Å². The van der Waals surface area contributed by atoms with Crippen LogP contribution in [0.1, 0.15) is 32.1 Å². The molecule has 3 heterocycles. The maximum atomic E-state index is 6.31. The molecule has 122 valence electrons. The van der Waals surface area contributed by atoms with Crippen molar-refractivity contribution in [1.29, 1.82) is 0 Å². The van der Waals surface area contributed by atoms with E-state index in [4.69, 9.17) is 4.74 Å². The van der Waals surface area contributed by atoms with Crippen LogP contribution >= 0.6 is 0 Å². The van der Waals surface area contributed by atoms with Crippen molar-refractivity contribution in [3.05, 3.63) is 30.6 Å². The first-order valence-corrected chi connectivity index (χ1v) is 8.91. The van der Waals surface area contributed by atoms with E-state index < -0.39 is 0 Å². The number of nitrogens with one attached hydrogen (secondary N) is 1. The van der Waals surface area contributed by atoms with Gasteiger partial charge in [-0.15, -0.1) is 0 Å². The summed E-state index contributed by atoms with van der Waals surface area (Å²) in [5.41, 5.74) is 1.33. The number of piperidine rings is 2. The third-order valence-electron chi connectivity index (χ3n) is 5.03. The minimum Gasteiger partial charge on any atom is -0.490 e. The Kier molecular flexibility index (Phi) is 4.33. The standard InChI is InChI=1S/C19H25N3O/c1-2-12-22(13-3-1)18-4-5-19(17-14-21-11-8-16(17)18)23-15-6-9-20-10-7-15/h4-5,8,11,14-15,20H,1-3,6-7,9-10,12-13H2. The summed E-state index contributed by atoms with van der Waals surface area (Å²) in [5, 5.41) is 5.81. The molecule has 0 radical (unpaired) electrons. The van der Waals surface area contributed by atoms with Gasteiger partial charge in [0.15, 0.2) is 0 Å². The molecular formula is C19H25N3O. The molecule has 0 spiro atoms. The number of benzene rings is 1. The van der Waals surface area contributed by atoms with Gasteiger partial charge in [0.1, 0.15) is 11.9 Å². The summed E-state index contributed by atoms with van der Waals surface area (Å²) in [6.07, 6.45) is 10.3. The van der Waals surface area contributed by atoms with Crippen molar-refractivity contribution in [1.82, 2.24) is 10.3 Å². The largest absolute Gasteiger partial charge is 0.490 e. The smallest absolute Gasteiger partial charge is 0.129 e. The highest BCUT2D eigenvalue weighted by atomic mass is 16.5. The summed E-state index contributed by atoms with van der Waals surface area (Å²) in [4.78, 5) is 6.86. The van der Waals surface area contributed by atoms with Crippen LogP contribution in [0.15, 0.2) is 30.6 Å². The number of anilines is 1. The number of rotatable bonds is 3. The van der Waals surface area contributed by atoms with Gasteiger partial charge >= 0.3 is 0 Å². The van der Waals surface area contributed by atoms with Crippen molar-refractivity contribution in [2.45, 2.75) is 38.2 Å². The monoisotopic (exact) mass is 311 g/mol. The maximum Gasteiger partial charge on any atom is 0.129 e. The molecule has 0 unspecified atom stereocenters. The lowest BCUT2D eigenvalue weighted by molar-refractivity contribution is 0.164. The van der Waals surface area contributed by atoms with E-state index in [1.54, 1.807) is 0 Å². The number of nitrogens with zero attached hydrogens (tertiary/aromatic N) is 2. The Morgan fingerprint density at radius 1 is 1.00 bits per heavy atom. The molecule has 1 aromatic carbocycles. The number of hydrogen-bond acceptors (Lipinski definition) is 4. The van der Waals surface area contributed by atoms with Crippen LogP contribution in [0.4, 0.5) is 5.69 Å². The van der Waals surface area contributed by atoms with Crippen LogP contribution in [0, 0.1) is 0 Å². The molecule has 2 fully saturated rings. The fourth-order valence-electron chi connectivity index (χ4n) is 3.75. The van der Waals surface area contributed by atoms with Gasteiger partial charge in [-0.05, 0) is 63.4 Å². The fourth-order valence-corrected chi connectivity index (χ4v) is 3.75. The molecule has 4 rings (SSSR count). The van der Waals surface area contributed by atoms with E-state index in [1.807, 2.05) is 12.4 Å². The Morgan fingerprint density at radius 2 is 1.83 bits per heavy atom. The Hall–Kier alpha value is -1.81. The summed E-state index contributed by atoms with van der Waals surface area (Å²) < 4.78 is 6.31. The SMILES string of the molecule is c1cc2c(N3CCCCC3)ccc(OC3CCNCC3)c2cn1. The van der Waals surface area contributed by atoms with Crippen molar-refractivity contribution in [3.8, 4) is 5.75 Å². The van der Waals surface area contributed by atoms with Gasteiger partial charge in [-0.3, -0.25) is 4.98 Å². The van der Waals surface area contributed by atoms with E-state index in [9.17, 15) is 0 Å². The first kappa shape index (κ1) is 14.8. The molecule has 0 aliphatic carbocycles. The second kappa shape index (κ2) is 6.75. The van der Waals surface area contributed by atoms with Gasteiger partial charge in [0.2, 0.25) is 0 Å². The quantitative estimate of drug-likeness (QED) is 0.943. The van der Waals surface area contributed by atoms with Crippen molar-refractivity contribution in [2.75, 3.05) is 31.1 Å². The minimum atomic E-state index is 0.320. The maximum absolute atomic E-state index is 6.31. The van der Waals surface area contributed by atoms with E-state index in [0.29, 0.717) is 6.10 Å². The molecular weight excluding hydrogens is 286 g/mol. The van der Waals surface area contributed by atoms with Crippen LogP contribution in [0.3, 0.4) is 0 Å². The lowest BCUT2D eigenvalue weighted by Crippen LogP contribution is -2.34. The average Bonchev–Trinajstić information content (AvgIpc) is 2.64. The minimum absolute atomic E-state index is 0.320. The van der Waals surface area contributed by atoms with Crippen LogP contribution in [-0.2, 0) is 0 Å². The van der Waals surface area contributed by atoms with Crippen molar-refractivity contribution >= 4 is 16.5 Å². The van der Waals surface area contributed by atoms with E-state index in [2.05, 4.69) is 33.4 Å². The van der Waals surface area contributed by atoms with Crippen molar-refractivity contribution in [3.63, 3.8) is 0 Å². The molecule has 0 amide bonds. The Bertz CT molecular complexity index is 661. The second-order valence-electron chi connectivity index (χ2n) is 6.62. The molecule has 2 aliphatic rings. The highest BCUT2D eigenvalue weighted by Crippen LogP contribution is 2.35. The zero-order valence-electron chi connectivity index (χ0n) is 13.6. The lowest BCUT2D eigenvalue weighted by atomic mass is 10.1. The lowest BCUT2D eigenvalue weighted by Gasteiger charge is -2.30. The third-order valence-corrected chi connectivity index (χ3v) is 5.03. The Labute approximate surface area is 137 Å². The highest BCUT2D eigenvalue weighted by molar-refractivity contribution is 5.97. The van der Waals surface area contributed by atoms with E-state index in [-0.39, 0.29) is 0 Å². The second-order valence-corrected chi connectivity index (χ2v) is 6.62. The number of pyridine rings is 1. The molecule has 0 bridgehead atoms. The molecule has 4 nitrogen and oxygen atoms in total. The van der Waals surface area contributed by atoms with Crippen LogP contribution in [0.5, 0.6) is 5.75 Å². The molecule has 0 saturated carbocycles. The number of ether oxygens (including phenoxy) is 1. The first-order valence-electron chi connectivity index (χ1n) is 8.91. The summed E-state index contributed by atoms with van der Waals surface area (Å²) in [7, 11) is 0. The predicted molar refractivity (Wildman–Crippen MR) is 94.3 cm³/mol. The summed E-state index contributed by atoms with van der Waals surface area (Å²) in [5.74, 6) is 0.987. The third kappa shape index (κ3) is 3.13. The van der Waals surface area contributed by atoms with Gasteiger partial charge in [-0.2, -0.15) is 0 Å². The van der Waals surface area contributed by atoms with Gasteiger partial charge < -0.3 is 15.0 Å². The van der Waals surface area contributed by atoms with Crippen molar-refractivity contribution < 1.29 is 4.74 Å². The van der Waals surface area contributed by atoms with E-state index in [1.165, 1.54) is 30.3 Å². The predicted octanol–water partition coefficient (Wildman–Crippen LogP) is 3.36. The highest BCUT2D eigenvalue weighted by Gasteiger charge is 2.18. The van der Waals surface area contributed by atoms with Gasteiger partial charge in [0.05, 0.1) is 0 Å². The molecule has 2 saturated heterocycles. The molecule has 2 aromatic rings. The molecule has 0 atom stereocenters. The fraction of sp³-hybridized carbons (Fsp3) is 0.526. The van der Waals surface area contributed by atoms with Gasteiger partial charge in [-0.25, -0.2) is 0 Å². The van der Waals surface area contributed by atoms with E-state index >= 15 is 0 Å². The van der Waals surface area contributed by atoms with Crippen LogP contribution in [0.2, 0.25) is 0 Å². The number of aromatic nitrogens is 1. The molecule has 23 heavy (non-hydrogen) atoms. The molecule has 2 aliphatic heterocycles. The number of fused-ring (bicyclic) bond motifs is 1. The van der Waals surface area contributed by atoms with Gasteiger partial charge in [0.25, 0.3) is 0 Å². The summed E-state index contributed by atoms with van der Waals surface area (Å²) in [6, 6.07) is 6.52. The van der Waals surface area contributed by atoms with Gasteiger partial charge in [-0.1, -0.05) is 0 Å². The summed E-state index contributed by atoms with van der Waals surface area (Å²) in [6.45, 7) is 4.41. The van der Waals surface area contributed by atoms with Crippen molar-refractivity contribution in [2.24, 2.45) is 0 Å². The van der Waals surface area contributed by atoms with Crippen LogP contribution in [-0.4, -0.2) is 37.3 Å². The van der Waals surface area contributed by atoms with Gasteiger partial charge in [0, 0.05) is 41.9 Å². The Morgan fingerprint density at radius 3 is 2.65 bits per heavy atom. The topological polar surface area (TPSA) is 37.4 Å². The molecule has 1 aromatic heterocycles. The Balaban J connectivity index is 1.67. The van der Waals surface area contributed by atoms with Crippen LogP contribution < -0.4 is 15.0 Å². The summed E-state index contributed by atoms with van der Waals surface area (Å²) >= 11 is 0. The zero-order valence-corrected chi connectivity index (χ0v) is 13.6.